The van der Waals surface area contributed by atoms with Crippen LogP contribution >= 0.6 is 0 Å². The smallest absolute Gasteiger partial charge is 0.272 e. The number of hydrogen-bond donors (Lipinski definition) is 2. The van der Waals surface area contributed by atoms with Crippen molar-refractivity contribution < 1.29 is 13.2 Å². The van der Waals surface area contributed by atoms with Crippen LogP contribution in [0.2, 0.25) is 0 Å². The van der Waals surface area contributed by atoms with Crippen molar-refractivity contribution in [3.63, 3.8) is 0 Å². The highest BCUT2D eigenvalue weighted by Gasteiger charge is 2.31. The molecule has 1 aromatic heterocycles. The first-order valence-corrected chi connectivity index (χ1v) is 15.9. The topological polar surface area (TPSA) is 108 Å². The number of rotatable bonds is 8. The number of anilines is 1. The van der Waals surface area contributed by atoms with Crippen molar-refractivity contribution in [3.05, 3.63) is 53.0 Å². The predicted molar refractivity (Wildman–Crippen MR) is 155 cm³/mol. The highest BCUT2D eigenvalue weighted by atomic mass is 32.2. The van der Waals surface area contributed by atoms with E-state index in [0.717, 1.165) is 49.9 Å². The Labute approximate surface area is 233 Å². The summed E-state index contributed by atoms with van der Waals surface area (Å²) < 4.78 is 25.4. The van der Waals surface area contributed by atoms with Crippen LogP contribution in [0.3, 0.4) is 0 Å². The lowest BCUT2D eigenvalue weighted by Gasteiger charge is -2.41. The molecule has 0 saturated carbocycles. The number of carbonyl (C=O) groups is 1. The van der Waals surface area contributed by atoms with Crippen LogP contribution < -0.4 is 10.0 Å². The molecule has 0 atom stereocenters. The van der Waals surface area contributed by atoms with Gasteiger partial charge in [-0.25, -0.2) is 23.1 Å². The molecule has 2 aliphatic rings. The summed E-state index contributed by atoms with van der Waals surface area (Å²) in [6, 6.07) is 9.07. The van der Waals surface area contributed by atoms with Crippen LogP contribution in [-0.2, 0) is 22.0 Å². The lowest BCUT2D eigenvalue weighted by atomic mass is 9.87. The number of carbonyl (C=O) groups excluding carboxylic acids is 1. The van der Waals surface area contributed by atoms with Crippen molar-refractivity contribution in [2.24, 2.45) is 5.92 Å². The Hall–Kier alpha value is -2.56. The Morgan fingerprint density at radius 3 is 2.23 bits per heavy atom. The van der Waals surface area contributed by atoms with Gasteiger partial charge >= 0.3 is 0 Å². The first kappa shape index (κ1) is 29.4. The van der Waals surface area contributed by atoms with Gasteiger partial charge in [-0.2, -0.15) is 0 Å². The second kappa shape index (κ2) is 12.3. The number of likely N-dealkylation sites (tertiary alicyclic amines) is 2. The Balaban J connectivity index is 1.28. The van der Waals surface area contributed by atoms with Gasteiger partial charge in [0.2, 0.25) is 10.0 Å². The van der Waals surface area contributed by atoms with E-state index in [4.69, 9.17) is 0 Å². The molecule has 2 aliphatic heterocycles. The normalized spacial score (nSPS) is 18.3. The number of benzene rings is 1. The quantitative estimate of drug-likeness (QED) is 0.512. The van der Waals surface area contributed by atoms with Crippen molar-refractivity contribution in [2.45, 2.75) is 71.4 Å². The fourth-order valence-electron chi connectivity index (χ4n) is 5.53. The van der Waals surface area contributed by atoms with E-state index in [1.807, 2.05) is 11.8 Å². The van der Waals surface area contributed by atoms with E-state index in [1.165, 1.54) is 18.1 Å². The number of hydrogen-bond acceptors (Lipinski definition) is 7. The van der Waals surface area contributed by atoms with Crippen LogP contribution in [0.25, 0.3) is 0 Å². The predicted octanol–water partition coefficient (Wildman–Crippen LogP) is 3.56. The maximum atomic E-state index is 13.4. The third-order valence-electron chi connectivity index (χ3n) is 8.12. The van der Waals surface area contributed by atoms with E-state index < -0.39 is 10.0 Å². The van der Waals surface area contributed by atoms with E-state index in [0.29, 0.717) is 49.7 Å². The van der Waals surface area contributed by atoms with Gasteiger partial charge in [0.25, 0.3) is 5.91 Å². The molecule has 4 rings (SSSR count). The number of aromatic nitrogens is 2. The van der Waals surface area contributed by atoms with Crippen LogP contribution in [0, 0.1) is 12.8 Å². The molecule has 1 amide bonds. The Morgan fingerprint density at radius 1 is 1.00 bits per heavy atom. The van der Waals surface area contributed by atoms with E-state index in [2.05, 4.69) is 69.9 Å². The molecule has 0 bridgehead atoms. The summed E-state index contributed by atoms with van der Waals surface area (Å²) in [6.45, 7) is 13.1. The van der Waals surface area contributed by atoms with Crippen LogP contribution in [-0.4, -0.2) is 79.1 Å². The average Bonchev–Trinajstić information content (AvgIpc) is 2.91. The highest BCUT2D eigenvalue weighted by Crippen LogP contribution is 2.26. The lowest BCUT2D eigenvalue weighted by Crippen LogP contribution is -2.49. The Bertz CT molecular complexity index is 1230. The molecule has 1 aromatic carbocycles. The van der Waals surface area contributed by atoms with Crippen LogP contribution in [0.5, 0.6) is 0 Å². The van der Waals surface area contributed by atoms with Crippen molar-refractivity contribution in [1.29, 1.82) is 0 Å². The molecule has 9 nitrogen and oxygen atoms in total. The molecule has 214 valence electrons. The fourth-order valence-corrected chi connectivity index (χ4v) is 6.07. The molecule has 2 saturated heterocycles. The minimum Gasteiger partial charge on any atom is -0.366 e. The first-order valence-electron chi connectivity index (χ1n) is 14.0. The van der Waals surface area contributed by atoms with E-state index in [-0.39, 0.29) is 11.3 Å². The zero-order valence-electron chi connectivity index (χ0n) is 24.0. The summed E-state index contributed by atoms with van der Waals surface area (Å²) in [6.07, 6.45) is 6.57. The summed E-state index contributed by atoms with van der Waals surface area (Å²) in [5.74, 6) is 1.05. The van der Waals surface area contributed by atoms with E-state index in [9.17, 15) is 13.2 Å². The minimum absolute atomic E-state index is 0.0310. The first-order chi connectivity index (χ1) is 18.4. The van der Waals surface area contributed by atoms with Crippen molar-refractivity contribution in [1.82, 2.24) is 24.5 Å². The van der Waals surface area contributed by atoms with Crippen LogP contribution in [0.1, 0.15) is 73.6 Å². The standard InChI is InChI=1S/C29H44N6O3S/c1-21-26(31-20-32-27(21)30-18-22-6-8-24(9-7-22)29(2,3)4)28(36)35-16-12-25(13-17-35)34-14-10-23(11-15-34)19-33-39(5,37)38/h6-9,20,23,25,33H,10-19H2,1-5H3,(H,30,31,32). The molecule has 10 heteroatoms. The van der Waals surface area contributed by atoms with Crippen molar-refractivity contribution >= 4 is 21.7 Å². The van der Waals surface area contributed by atoms with Gasteiger partial charge in [0.1, 0.15) is 17.8 Å². The molecular weight excluding hydrogens is 512 g/mol. The molecule has 0 aliphatic carbocycles. The molecule has 39 heavy (non-hydrogen) atoms. The van der Waals surface area contributed by atoms with Crippen LogP contribution in [0.15, 0.2) is 30.6 Å². The number of sulfonamides is 1. The summed E-state index contributed by atoms with van der Waals surface area (Å²) in [5, 5.41) is 3.39. The van der Waals surface area contributed by atoms with Crippen molar-refractivity contribution in [2.75, 3.05) is 44.3 Å². The Kier molecular flexibility index (Phi) is 9.29. The summed E-state index contributed by atoms with van der Waals surface area (Å²) in [4.78, 5) is 26.6. The van der Waals surface area contributed by atoms with Gasteiger partial charge < -0.3 is 15.1 Å². The zero-order valence-corrected chi connectivity index (χ0v) is 24.9. The number of nitrogens with zero attached hydrogens (tertiary/aromatic N) is 4. The monoisotopic (exact) mass is 556 g/mol. The van der Waals surface area contributed by atoms with Gasteiger partial charge in [0.05, 0.1) is 6.26 Å². The average molecular weight is 557 g/mol. The molecule has 0 spiro atoms. The van der Waals surface area contributed by atoms with Crippen LogP contribution in [0.4, 0.5) is 5.82 Å². The van der Waals surface area contributed by atoms with Gasteiger partial charge in [-0.1, -0.05) is 45.0 Å². The number of amides is 1. The zero-order chi connectivity index (χ0) is 28.2. The fraction of sp³-hybridized carbons (Fsp3) is 0.621. The molecule has 0 radical (unpaired) electrons. The lowest BCUT2D eigenvalue weighted by molar-refractivity contribution is 0.0548. The molecule has 2 fully saturated rings. The van der Waals surface area contributed by atoms with Gasteiger partial charge in [-0.05, 0) is 68.2 Å². The van der Waals surface area contributed by atoms with Gasteiger partial charge in [-0.15, -0.1) is 0 Å². The Morgan fingerprint density at radius 2 is 1.64 bits per heavy atom. The molecule has 0 unspecified atom stereocenters. The molecule has 2 aromatic rings. The molecule has 3 heterocycles. The SMILES string of the molecule is Cc1c(NCc2ccc(C(C)(C)C)cc2)ncnc1C(=O)N1CCC(N2CCC(CNS(C)(=O)=O)CC2)CC1. The maximum Gasteiger partial charge on any atom is 0.272 e. The number of piperidine rings is 2. The largest absolute Gasteiger partial charge is 0.366 e. The number of nitrogens with one attached hydrogen (secondary N) is 2. The summed E-state index contributed by atoms with van der Waals surface area (Å²) >= 11 is 0. The van der Waals surface area contributed by atoms with E-state index in [1.54, 1.807) is 0 Å². The van der Waals surface area contributed by atoms with Crippen molar-refractivity contribution in [3.8, 4) is 0 Å². The second-order valence-corrected chi connectivity index (χ2v) is 14.0. The second-order valence-electron chi connectivity index (χ2n) is 12.1. The van der Waals surface area contributed by atoms with Gasteiger partial charge in [-0.3, -0.25) is 4.79 Å². The molecule has 2 N–H and O–H groups in total. The van der Waals surface area contributed by atoms with Gasteiger partial charge in [0.15, 0.2) is 0 Å². The molecular formula is C29H44N6O3S. The minimum atomic E-state index is -3.14. The summed E-state index contributed by atoms with van der Waals surface area (Å²) in [5.41, 5.74) is 3.82. The maximum absolute atomic E-state index is 13.4. The third-order valence-corrected chi connectivity index (χ3v) is 8.81. The third kappa shape index (κ3) is 7.99. The van der Waals surface area contributed by atoms with E-state index >= 15 is 0 Å². The summed E-state index contributed by atoms with van der Waals surface area (Å²) in [7, 11) is -3.14. The van der Waals surface area contributed by atoms with Gasteiger partial charge in [0, 0.05) is 37.8 Å². The highest BCUT2D eigenvalue weighted by molar-refractivity contribution is 7.88.